The second-order valence-corrected chi connectivity index (χ2v) is 10.8. The van der Waals surface area contributed by atoms with Crippen molar-refractivity contribution in [1.29, 1.82) is 0 Å². The summed E-state index contributed by atoms with van der Waals surface area (Å²) in [4.78, 5) is 55.3. The summed E-state index contributed by atoms with van der Waals surface area (Å²) in [6, 6.07) is 16.3. The number of rotatable bonds is 10. The molecule has 2 aromatic carbocycles. The fraction of sp³-hybridized carbons (Fsp3) is 0.484. The van der Waals surface area contributed by atoms with Crippen molar-refractivity contribution in [3.05, 3.63) is 65.7 Å². The van der Waals surface area contributed by atoms with Gasteiger partial charge in [-0.25, -0.2) is 9.59 Å². The summed E-state index contributed by atoms with van der Waals surface area (Å²) in [6.07, 6.45) is 2.86. The van der Waals surface area contributed by atoms with Gasteiger partial charge in [-0.2, -0.15) is 0 Å². The maximum atomic E-state index is 13.5. The third-order valence-electron chi connectivity index (χ3n) is 7.80. The number of piperidine rings is 1. The van der Waals surface area contributed by atoms with E-state index in [0.29, 0.717) is 58.3 Å². The largest absolute Gasteiger partial charge is 0.445 e. The van der Waals surface area contributed by atoms with E-state index in [0.717, 1.165) is 23.2 Å². The van der Waals surface area contributed by atoms with Gasteiger partial charge in [0, 0.05) is 31.9 Å². The number of piperazine rings is 1. The van der Waals surface area contributed by atoms with E-state index in [1.54, 1.807) is 9.80 Å². The Morgan fingerprint density at radius 2 is 1.80 bits per heavy atom. The van der Waals surface area contributed by atoms with Crippen molar-refractivity contribution in [1.82, 2.24) is 20.4 Å². The number of aryl methyl sites for hydroxylation is 1. The van der Waals surface area contributed by atoms with Gasteiger partial charge in [-0.1, -0.05) is 49.4 Å². The molecule has 2 aromatic rings. The van der Waals surface area contributed by atoms with Crippen molar-refractivity contribution in [2.75, 3.05) is 31.5 Å². The molecule has 10 nitrogen and oxygen atoms in total. The topological polar surface area (TPSA) is 120 Å². The predicted octanol–water partition coefficient (Wildman–Crippen LogP) is 4.20. The van der Waals surface area contributed by atoms with Gasteiger partial charge in [0.2, 0.25) is 11.8 Å². The van der Waals surface area contributed by atoms with Gasteiger partial charge in [0.05, 0.1) is 0 Å². The number of urea groups is 1. The molecule has 1 spiro atoms. The van der Waals surface area contributed by atoms with Crippen LogP contribution in [0.25, 0.3) is 0 Å². The van der Waals surface area contributed by atoms with Gasteiger partial charge in [-0.05, 0) is 68.7 Å². The average molecular weight is 564 g/mol. The number of nitrogens with zero attached hydrogens (tertiary/aromatic N) is 2. The molecule has 220 valence electrons. The number of unbranched alkanes of at least 4 members (excludes halogenated alkanes) is 1. The number of ether oxygens (including phenoxy) is 1. The van der Waals surface area contributed by atoms with Crippen molar-refractivity contribution in [2.45, 2.75) is 70.6 Å². The molecule has 0 aromatic heterocycles. The first kappa shape index (κ1) is 29.9. The van der Waals surface area contributed by atoms with Crippen LogP contribution >= 0.6 is 0 Å². The number of amides is 5. The number of anilines is 1. The summed E-state index contributed by atoms with van der Waals surface area (Å²) < 4.78 is 5.22. The number of carbonyl (C=O) groups is 4. The molecule has 2 fully saturated rings. The Balaban J connectivity index is 1.24. The number of hydrogen-bond acceptors (Lipinski definition) is 5. The summed E-state index contributed by atoms with van der Waals surface area (Å²) in [5.74, 6) is -0.212. The summed E-state index contributed by atoms with van der Waals surface area (Å²) in [6.45, 7) is 5.85. The molecule has 0 aliphatic carbocycles. The number of likely N-dealkylation sites (tertiary alicyclic amines) is 1. The number of alkyl carbamates (subject to hydrolysis) is 1. The summed E-state index contributed by atoms with van der Waals surface area (Å²) >= 11 is 0. The minimum Gasteiger partial charge on any atom is -0.445 e. The Morgan fingerprint density at radius 3 is 2.51 bits per heavy atom. The maximum absolute atomic E-state index is 13.5. The van der Waals surface area contributed by atoms with Crippen molar-refractivity contribution in [3.8, 4) is 0 Å². The van der Waals surface area contributed by atoms with Gasteiger partial charge in [-0.15, -0.1) is 0 Å². The first-order valence-corrected chi connectivity index (χ1v) is 14.5. The fourth-order valence-electron chi connectivity index (χ4n) is 5.56. The van der Waals surface area contributed by atoms with Crippen LogP contribution in [-0.4, -0.2) is 71.5 Å². The van der Waals surface area contributed by atoms with E-state index in [-0.39, 0.29) is 24.5 Å². The summed E-state index contributed by atoms with van der Waals surface area (Å²) in [7, 11) is 0. The lowest BCUT2D eigenvalue weighted by Crippen LogP contribution is -2.73. The van der Waals surface area contributed by atoms with Crippen LogP contribution in [0.15, 0.2) is 54.6 Å². The van der Waals surface area contributed by atoms with Gasteiger partial charge in [-0.3, -0.25) is 9.59 Å². The molecule has 10 heteroatoms. The highest BCUT2D eigenvalue weighted by Gasteiger charge is 2.53. The Morgan fingerprint density at radius 1 is 1.05 bits per heavy atom. The van der Waals surface area contributed by atoms with E-state index in [9.17, 15) is 19.2 Å². The van der Waals surface area contributed by atoms with Gasteiger partial charge in [0.15, 0.2) is 0 Å². The number of hydrogen-bond donors (Lipinski definition) is 3. The average Bonchev–Trinajstić information content (AvgIpc) is 2.97. The second-order valence-electron chi connectivity index (χ2n) is 10.8. The van der Waals surface area contributed by atoms with Crippen molar-refractivity contribution < 1.29 is 23.9 Å². The molecule has 0 radical (unpaired) electrons. The molecule has 0 bridgehead atoms. The molecule has 2 saturated heterocycles. The predicted molar refractivity (Wildman–Crippen MR) is 156 cm³/mol. The lowest BCUT2D eigenvalue weighted by atomic mass is 9.81. The van der Waals surface area contributed by atoms with Crippen molar-refractivity contribution in [2.24, 2.45) is 0 Å². The smallest absolute Gasteiger partial charge is 0.407 e. The molecule has 1 atom stereocenters. The van der Waals surface area contributed by atoms with Crippen LogP contribution in [0, 0.1) is 6.92 Å². The first-order valence-electron chi connectivity index (χ1n) is 14.5. The second kappa shape index (κ2) is 14.0. The third kappa shape index (κ3) is 7.56. The van der Waals surface area contributed by atoms with Gasteiger partial charge in [0.25, 0.3) is 0 Å². The van der Waals surface area contributed by atoms with Crippen LogP contribution < -0.4 is 16.0 Å². The molecule has 41 heavy (non-hydrogen) atoms. The Labute approximate surface area is 241 Å². The lowest BCUT2D eigenvalue weighted by Gasteiger charge is -2.51. The van der Waals surface area contributed by atoms with E-state index in [1.807, 2.05) is 68.4 Å². The molecule has 2 aliphatic rings. The molecule has 4 rings (SSSR count). The van der Waals surface area contributed by atoms with Gasteiger partial charge in [0.1, 0.15) is 18.2 Å². The van der Waals surface area contributed by atoms with E-state index >= 15 is 0 Å². The molecule has 0 unspecified atom stereocenters. The van der Waals surface area contributed by atoms with Crippen LogP contribution in [0.5, 0.6) is 0 Å². The maximum Gasteiger partial charge on any atom is 0.407 e. The van der Waals surface area contributed by atoms with Crippen molar-refractivity contribution >= 4 is 29.6 Å². The van der Waals surface area contributed by atoms with Crippen LogP contribution in [0.3, 0.4) is 0 Å². The quantitative estimate of drug-likeness (QED) is 0.375. The van der Waals surface area contributed by atoms with Crippen molar-refractivity contribution in [3.63, 3.8) is 0 Å². The molecule has 3 N–H and O–H groups in total. The minimum absolute atomic E-state index is 0.0701. The van der Waals surface area contributed by atoms with Gasteiger partial charge < -0.3 is 30.5 Å². The van der Waals surface area contributed by atoms with Crippen LogP contribution in [0.4, 0.5) is 15.3 Å². The molecular formula is C31H41N5O5. The molecule has 0 saturated carbocycles. The third-order valence-corrected chi connectivity index (χ3v) is 7.80. The monoisotopic (exact) mass is 563 g/mol. The van der Waals surface area contributed by atoms with E-state index in [2.05, 4.69) is 16.0 Å². The summed E-state index contributed by atoms with van der Waals surface area (Å²) in [5, 5.41) is 8.65. The minimum atomic E-state index is -0.937. The standard InChI is InChI=1S/C31H41N5O5/c1-3-18-36-27(37)26(14-7-8-17-32-30(40)41-22-24-11-5-4-6-12-24)34-28(38)31(36)15-19-35(20-16-31)29(39)33-25-13-9-10-23(2)21-25/h4-6,9-13,21,26H,3,7-8,14-20,22H2,1-2H3,(H,32,40)(H,33,39)(H,34,38)/t26-/m0/s1. The Kier molecular flexibility index (Phi) is 10.2. The zero-order chi connectivity index (χ0) is 29.2. The van der Waals surface area contributed by atoms with Gasteiger partial charge >= 0.3 is 12.1 Å². The summed E-state index contributed by atoms with van der Waals surface area (Å²) in [5.41, 5.74) is 1.77. The fourth-order valence-corrected chi connectivity index (χ4v) is 5.56. The zero-order valence-corrected chi connectivity index (χ0v) is 24.0. The normalized spacial score (nSPS) is 18.1. The first-order chi connectivity index (χ1) is 19.8. The highest BCUT2D eigenvalue weighted by Crippen LogP contribution is 2.34. The van der Waals surface area contributed by atoms with Crippen LogP contribution in [-0.2, 0) is 20.9 Å². The number of benzene rings is 2. The number of nitrogens with one attached hydrogen (secondary N) is 3. The SMILES string of the molecule is CCCN1C(=O)[C@H](CCCCNC(=O)OCc2ccccc2)NC(=O)C12CCN(C(=O)Nc1cccc(C)c1)CC2. The Bertz CT molecular complexity index is 1210. The highest BCUT2D eigenvalue weighted by molar-refractivity contribution is 6.00. The van der Waals surface area contributed by atoms with E-state index in [4.69, 9.17) is 4.74 Å². The molecular weight excluding hydrogens is 522 g/mol. The highest BCUT2D eigenvalue weighted by atomic mass is 16.5. The molecule has 2 aliphatic heterocycles. The Hall–Kier alpha value is -4.08. The zero-order valence-electron chi connectivity index (χ0n) is 24.0. The molecule has 2 heterocycles. The van der Waals surface area contributed by atoms with Crippen LogP contribution in [0.2, 0.25) is 0 Å². The lowest BCUT2D eigenvalue weighted by molar-refractivity contribution is -0.160. The van der Waals surface area contributed by atoms with E-state index < -0.39 is 17.7 Å². The molecule has 5 amide bonds. The van der Waals surface area contributed by atoms with Crippen LogP contribution in [0.1, 0.15) is 56.6 Å². The number of carbonyl (C=O) groups excluding carboxylic acids is 4. The van der Waals surface area contributed by atoms with E-state index in [1.165, 1.54) is 0 Å².